The van der Waals surface area contributed by atoms with E-state index in [1.807, 2.05) is 13.8 Å². The molecule has 0 spiro atoms. The van der Waals surface area contributed by atoms with Crippen LogP contribution in [0.5, 0.6) is 0 Å². The topological polar surface area (TPSA) is 52.6 Å². The Morgan fingerprint density at radius 2 is 1.68 bits per heavy atom. The number of ether oxygens (including phenoxy) is 2. The van der Waals surface area contributed by atoms with E-state index in [0.29, 0.717) is 13.0 Å². The molecule has 0 N–H and O–H groups in total. The summed E-state index contributed by atoms with van der Waals surface area (Å²) in [6, 6.07) is 0. The highest BCUT2D eigenvalue weighted by Gasteiger charge is 1.92. The average molecular weight is 268 g/mol. The van der Waals surface area contributed by atoms with Gasteiger partial charge in [0.05, 0.1) is 6.26 Å². The molecule has 0 bridgehead atoms. The van der Waals surface area contributed by atoms with Crippen molar-refractivity contribution in [1.82, 2.24) is 0 Å². The molecule has 0 aromatic heterocycles. The van der Waals surface area contributed by atoms with Gasteiger partial charge in [0.2, 0.25) is 0 Å². The summed E-state index contributed by atoms with van der Waals surface area (Å²) in [5.74, 6) is -0.505. The van der Waals surface area contributed by atoms with Crippen molar-refractivity contribution in [2.75, 3.05) is 6.61 Å². The molecule has 0 saturated carbocycles. The first-order valence-corrected chi connectivity index (χ1v) is 5.73. The number of hydrogen-bond acceptors (Lipinski definition) is 4. The van der Waals surface area contributed by atoms with E-state index in [4.69, 9.17) is 0 Å². The van der Waals surface area contributed by atoms with Crippen LogP contribution in [0.3, 0.4) is 0 Å². The van der Waals surface area contributed by atoms with Gasteiger partial charge in [-0.25, -0.2) is 0 Å². The monoisotopic (exact) mass is 268 g/mol. The van der Waals surface area contributed by atoms with Crippen molar-refractivity contribution in [2.45, 2.75) is 34.1 Å². The third kappa shape index (κ3) is 38.8. The van der Waals surface area contributed by atoms with Gasteiger partial charge in [-0.1, -0.05) is 32.7 Å². The molecule has 0 heterocycles. The fraction of sp³-hybridized carbons (Fsp3) is 0.400. The summed E-state index contributed by atoms with van der Waals surface area (Å²) < 4.78 is 8.75. The highest BCUT2D eigenvalue weighted by Crippen LogP contribution is 1.82. The fourth-order valence-electron chi connectivity index (χ4n) is 0.371. The summed E-state index contributed by atoms with van der Waals surface area (Å²) in [6.07, 6.45) is 3.09. The normalized spacial score (nSPS) is 7.16. The van der Waals surface area contributed by atoms with Gasteiger partial charge in [-0.2, -0.15) is 0 Å². The maximum Gasteiger partial charge on any atom is 0.307 e. The third-order valence-corrected chi connectivity index (χ3v) is 1.25. The Kier molecular flexibility index (Phi) is 21.3. The molecule has 4 heteroatoms. The smallest absolute Gasteiger partial charge is 0.307 e. The first-order chi connectivity index (χ1) is 8.85. The maximum absolute atomic E-state index is 10.3. The van der Waals surface area contributed by atoms with E-state index in [0.717, 1.165) is 11.8 Å². The Morgan fingerprint density at radius 3 is 1.84 bits per heavy atom. The van der Waals surface area contributed by atoms with E-state index >= 15 is 0 Å². The summed E-state index contributed by atoms with van der Waals surface area (Å²) in [6.45, 7) is 17.3. The van der Waals surface area contributed by atoms with Crippen molar-refractivity contribution >= 4 is 11.9 Å². The lowest BCUT2D eigenvalue weighted by Crippen LogP contribution is -2.00. The van der Waals surface area contributed by atoms with Gasteiger partial charge in [-0.05, 0) is 19.4 Å². The average Bonchev–Trinajstić information content (AvgIpc) is 2.37. The first-order valence-electron chi connectivity index (χ1n) is 5.73. The summed E-state index contributed by atoms with van der Waals surface area (Å²) in [7, 11) is 0. The molecule has 0 rings (SSSR count). The van der Waals surface area contributed by atoms with Gasteiger partial charge in [-0.3, -0.25) is 9.59 Å². The van der Waals surface area contributed by atoms with Gasteiger partial charge in [0, 0.05) is 13.3 Å². The summed E-state index contributed by atoms with van der Waals surface area (Å²) in [5.41, 5.74) is 3.84. The Balaban J connectivity index is -0.000000209. The van der Waals surface area contributed by atoms with Crippen molar-refractivity contribution < 1.29 is 19.1 Å². The van der Waals surface area contributed by atoms with Crippen LogP contribution in [-0.4, -0.2) is 18.5 Å². The molecule has 0 aliphatic heterocycles. The van der Waals surface area contributed by atoms with Crippen LogP contribution in [0.2, 0.25) is 0 Å². The van der Waals surface area contributed by atoms with Crippen molar-refractivity contribution in [1.29, 1.82) is 0 Å². The van der Waals surface area contributed by atoms with Crippen LogP contribution < -0.4 is 0 Å². The predicted molar refractivity (Wildman–Crippen MR) is 77.4 cm³/mol. The van der Waals surface area contributed by atoms with Gasteiger partial charge < -0.3 is 9.47 Å². The van der Waals surface area contributed by atoms with E-state index in [1.165, 1.54) is 6.92 Å². The number of hydrogen-bond donors (Lipinski definition) is 0. The molecule has 19 heavy (non-hydrogen) atoms. The van der Waals surface area contributed by atoms with Gasteiger partial charge in [-0.15, -0.1) is 5.73 Å². The van der Waals surface area contributed by atoms with Gasteiger partial charge >= 0.3 is 11.9 Å². The van der Waals surface area contributed by atoms with Crippen LogP contribution >= 0.6 is 0 Å². The Hall–Kier alpha value is -2.06. The minimum atomic E-state index is -0.329. The molecule has 0 aliphatic rings. The SMILES string of the molecule is C=C=C(C)C.C=CCOC(=O)CC.C=COC(C)=O. The maximum atomic E-state index is 10.3. The lowest BCUT2D eigenvalue weighted by Gasteiger charge is -1.94. The molecule has 4 nitrogen and oxygen atoms in total. The standard InChI is InChI=1S/C6H10O2.C5H8.C4H6O2/c1-3-5-8-6(7)4-2;1-4-5(2)3;1-3-6-4(2)5/h3H,1,4-5H2,2H3;1H2,2-3H3;3H,1H2,2H3. The van der Waals surface area contributed by atoms with Crippen LogP contribution in [-0.2, 0) is 19.1 Å². The number of esters is 2. The first kappa shape index (κ1) is 22.1. The summed E-state index contributed by atoms with van der Waals surface area (Å²) >= 11 is 0. The Bertz CT molecular complexity index is 319. The van der Waals surface area contributed by atoms with Crippen LogP contribution in [0.15, 0.2) is 43.4 Å². The van der Waals surface area contributed by atoms with Crippen molar-refractivity contribution in [2.24, 2.45) is 0 Å². The largest absolute Gasteiger partial charge is 0.461 e. The van der Waals surface area contributed by atoms with Crippen molar-refractivity contribution in [3.05, 3.63) is 43.4 Å². The molecule has 0 fully saturated rings. The van der Waals surface area contributed by atoms with Gasteiger partial charge in [0.25, 0.3) is 0 Å². The molecule has 0 atom stereocenters. The molecule has 0 aliphatic carbocycles. The van der Waals surface area contributed by atoms with Crippen LogP contribution in [0.1, 0.15) is 34.1 Å². The zero-order valence-corrected chi connectivity index (χ0v) is 12.3. The van der Waals surface area contributed by atoms with Crippen LogP contribution in [0.25, 0.3) is 0 Å². The number of carbonyl (C=O) groups excluding carboxylic acids is 2. The number of rotatable bonds is 4. The Labute approximate surface area is 116 Å². The lowest BCUT2D eigenvalue weighted by atomic mass is 10.4. The second-order valence-corrected chi connectivity index (χ2v) is 3.28. The van der Waals surface area contributed by atoms with Crippen LogP contribution in [0, 0.1) is 0 Å². The molecule has 0 aromatic carbocycles. The van der Waals surface area contributed by atoms with Crippen LogP contribution in [0.4, 0.5) is 0 Å². The third-order valence-electron chi connectivity index (χ3n) is 1.25. The second-order valence-electron chi connectivity index (χ2n) is 3.28. The van der Waals surface area contributed by atoms with Crippen molar-refractivity contribution in [3.8, 4) is 0 Å². The highest BCUT2D eigenvalue weighted by molar-refractivity contribution is 5.68. The zero-order valence-electron chi connectivity index (χ0n) is 12.3. The summed E-state index contributed by atoms with van der Waals surface area (Å²) in [5, 5.41) is 0. The zero-order chi connectivity index (χ0) is 15.7. The molecular weight excluding hydrogens is 244 g/mol. The Morgan fingerprint density at radius 1 is 1.21 bits per heavy atom. The molecule has 0 amide bonds. The van der Waals surface area contributed by atoms with E-state index in [-0.39, 0.29) is 11.9 Å². The second kappa shape index (κ2) is 18.3. The fourth-order valence-corrected chi connectivity index (χ4v) is 0.371. The number of allylic oxidation sites excluding steroid dienone is 1. The molecular formula is C15H24O4. The molecule has 0 aromatic rings. The van der Waals surface area contributed by atoms with Crippen molar-refractivity contribution in [3.63, 3.8) is 0 Å². The minimum absolute atomic E-state index is 0.176. The summed E-state index contributed by atoms with van der Waals surface area (Å²) in [4.78, 5) is 20.1. The van der Waals surface area contributed by atoms with Gasteiger partial charge in [0.1, 0.15) is 6.61 Å². The van der Waals surface area contributed by atoms with E-state index in [9.17, 15) is 9.59 Å². The molecule has 108 valence electrons. The molecule has 0 saturated heterocycles. The van der Waals surface area contributed by atoms with E-state index in [2.05, 4.69) is 34.9 Å². The molecule has 0 radical (unpaired) electrons. The van der Waals surface area contributed by atoms with E-state index < -0.39 is 0 Å². The highest BCUT2D eigenvalue weighted by atomic mass is 16.5. The molecule has 0 unspecified atom stereocenters. The predicted octanol–water partition coefficient (Wildman–Crippen LogP) is 3.56. The van der Waals surface area contributed by atoms with Gasteiger partial charge in [0.15, 0.2) is 0 Å². The minimum Gasteiger partial charge on any atom is -0.461 e. The van der Waals surface area contributed by atoms with E-state index in [1.54, 1.807) is 13.0 Å². The lowest BCUT2D eigenvalue weighted by molar-refractivity contribution is -0.142. The quantitative estimate of drug-likeness (QED) is 0.338. The number of carbonyl (C=O) groups is 2.